The predicted octanol–water partition coefficient (Wildman–Crippen LogP) is 10.8. The van der Waals surface area contributed by atoms with E-state index in [1.165, 1.54) is 141 Å². The molecule has 0 amide bonds. The number of hydrogen-bond donors (Lipinski definition) is 0. The molecule has 0 aliphatic heterocycles. The fourth-order valence-corrected chi connectivity index (χ4v) is 7.62. The van der Waals surface area contributed by atoms with Crippen molar-refractivity contribution >= 4 is 17.2 Å². The molecule has 0 rings (SSSR count). The van der Waals surface area contributed by atoms with E-state index in [4.69, 9.17) is 11.2 Å². The Hall–Kier alpha value is 0.720. The Labute approximate surface area is 185 Å². The van der Waals surface area contributed by atoms with Crippen molar-refractivity contribution in [3.05, 3.63) is 0 Å². The molecule has 0 radical (unpaired) electrons. The zero-order valence-electron chi connectivity index (χ0n) is 20.4. The molecule has 28 heavy (non-hydrogen) atoms. The Morgan fingerprint density at radius 1 is 0.393 bits per heavy atom. The maximum atomic E-state index is 7.11. The number of unbranched alkanes of at least 4 members (excludes halogenated alkanes) is 18. The summed E-state index contributed by atoms with van der Waals surface area (Å²) in [6.45, 7) is 9.43. The molecule has 0 aliphatic rings. The Balaban J connectivity index is 3.43. The zero-order valence-corrected chi connectivity index (χ0v) is 22.0. The summed E-state index contributed by atoms with van der Waals surface area (Å²) in [7, 11) is 0. The molecule has 0 nitrogen and oxygen atoms in total. The first-order valence-corrected chi connectivity index (χ1v) is 17.5. The summed E-state index contributed by atoms with van der Waals surface area (Å²) in [4.78, 5) is 0. The molecule has 0 bridgehead atoms. The van der Waals surface area contributed by atoms with E-state index in [1.54, 1.807) is 0 Å². The predicted molar refractivity (Wildman–Crippen MR) is 138 cm³/mol. The van der Waals surface area contributed by atoms with Gasteiger partial charge in [-0.2, -0.15) is 0 Å². The van der Waals surface area contributed by atoms with Crippen molar-refractivity contribution in [1.29, 1.82) is 0 Å². The first kappa shape index (κ1) is 28.7. The minimum atomic E-state index is -1.87. The van der Waals surface area contributed by atoms with Crippen molar-refractivity contribution < 1.29 is 0 Å². The van der Waals surface area contributed by atoms with E-state index in [1.807, 2.05) is 0 Å². The van der Waals surface area contributed by atoms with Crippen LogP contribution >= 0.6 is 17.2 Å². The molecule has 0 atom stereocenters. The summed E-state index contributed by atoms with van der Waals surface area (Å²) in [6.07, 6.45) is 31.1. The van der Waals surface area contributed by atoms with E-state index < -0.39 is 5.96 Å². The van der Waals surface area contributed by atoms with E-state index in [2.05, 4.69) is 27.2 Å². The van der Waals surface area contributed by atoms with E-state index in [-0.39, 0.29) is 0 Å². The summed E-state index contributed by atoms with van der Waals surface area (Å²) in [5.41, 5.74) is 0. The van der Waals surface area contributed by atoms with Crippen molar-refractivity contribution in [2.75, 3.05) is 25.7 Å². The van der Waals surface area contributed by atoms with E-state index >= 15 is 0 Å². The van der Waals surface area contributed by atoms with Crippen molar-refractivity contribution in [3.8, 4) is 0 Å². The minimum absolute atomic E-state index is 1.30. The van der Waals surface area contributed by atoms with Crippen LogP contribution in [0.25, 0.3) is 0 Å². The van der Waals surface area contributed by atoms with Gasteiger partial charge in [0.2, 0.25) is 0 Å². The second-order valence-corrected chi connectivity index (χ2v) is 19.7. The fourth-order valence-electron chi connectivity index (χ4n) is 4.29. The van der Waals surface area contributed by atoms with Crippen LogP contribution in [0.4, 0.5) is 0 Å². The molecular weight excluding hydrogens is 379 g/mol. The first-order chi connectivity index (χ1) is 13.4. The zero-order chi connectivity index (χ0) is 21.0. The normalized spacial score (nSPS) is 13.5. The average molecular weight is 435 g/mol. The van der Waals surface area contributed by atoms with Gasteiger partial charge in [0.1, 0.15) is 0 Å². The summed E-state index contributed by atoms with van der Waals surface area (Å²) < 4.78 is 0. The third-order valence-corrected chi connectivity index (χ3v) is 10.8. The Morgan fingerprint density at radius 2 is 0.607 bits per heavy atom. The van der Waals surface area contributed by atoms with Gasteiger partial charge in [-0.25, -0.2) is 0 Å². The second kappa shape index (κ2) is 18.5. The number of rotatable bonds is 22. The maximum absolute atomic E-state index is 7.11. The van der Waals surface area contributed by atoms with Crippen LogP contribution in [-0.2, 0) is 0 Å². The van der Waals surface area contributed by atoms with Crippen LogP contribution in [0.15, 0.2) is 0 Å². The molecule has 172 valence electrons. The third kappa shape index (κ3) is 21.4. The van der Waals surface area contributed by atoms with Gasteiger partial charge in [-0.1, -0.05) is 26.2 Å². The summed E-state index contributed by atoms with van der Waals surface area (Å²) in [5, 5.41) is 0. The molecule has 0 aromatic rings. The van der Waals surface area contributed by atoms with Crippen molar-refractivity contribution in [3.63, 3.8) is 0 Å². The third-order valence-electron chi connectivity index (χ3n) is 6.40. The Morgan fingerprint density at radius 3 is 0.857 bits per heavy atom. The number of hydrogen-bond acceptors (Lipinski definition) is 0. The molecule has 0 heterocycles. The SMILES string of the molecule is CCCCCCCCCCCCCCCCP(C)(C)(Cl)CCCCCCCC. The molecule has 0 aromatic carbocycles. The molecule has 0 saturated carbocycles. The van der Waals surface area contributed by atoms with Crippen molar-refractivity contribution in [2.24, 2.45) is 0 Å². The molecule has 0 fully saturated rings. The van der Waals surface area contributed by atoms with Gasteiger partial charge in [0.15, 0.2) is 0 Å². The van der Waals surface area contributed by atoms with Gasteiger partial charge in [0, 0.05) is 0 Å². The van der Waals surface area contributed by atoms with Crippen LogP contribution in [0.3, 0.4) is 0 Å². The van der Waals surface area contributed by atoms with Crippen LogP contribution in [0.2, 0.25) is 0 Å². The second-order valence-electron chi connectivity index (χ2n) is 10.3. The van der Waals surface area contributed by atoms with Crippen LogP contribution in [0.5, 0.6) is 0 Å². The summed E-state index contributed by atoms with van der Waals surface area (Å²) in [5.74, 6) is -1.87. The quantitative estimate of drug-likeness (QED) is 0.117. The van der Waals surface area contributed by atoms with Gasteiger partial charge in [-0.15, -0.1) is 0 Å². The molecule has 0 saturated heterocycles. The standard InChI is InChI=1S/C26H56ClP/c1-5-7-9-11-13-14-15-16-17-18-19-20-22-24-26-28(3,4,27)25-23-21-12-10-8-6-2/h5-26H2,1-4H3. The molecule has 0 spiro atoms. The fraction of sp³-hybridized carbons (Fsp3) is 1.00. The van der Waals surface area contributed by atoms with E-state index in [9.17, 15) is 0 Å². The molecule has 0 N–H and O–H groups in total. The molecule has 0 unspecified atom stereocenters. The number of halogens is 1. The van der Waals surface area contributed by atoms with Gasteiger partial charge < -0.3 is 0 Å². The molecule has 2 heteroatoms. The monoisotopic (exact) mass is 434 g/mol. The van der Waals surface area contributed by atoms with Crippen molar-refractivity contribution in [1.82, 2.24) is 0 Å². The summed E-state index contributed by atoms with van der Waals surface area (Å²) >= 11 is 7.11. The van der Waals surface area contributed by atoms with Crippen LogP contribution in [-0.4, -0.2) is 25.7 Å². The van der Waals surface area contributed by atoms with Gasteiger partial charge in [-0.3, -0.25) is 0 Å². The van der Waals surface area contributed by atoms with Gasteiger partial charge in [0.05, 0.1) is 0 Å². The van der Waals surface area contributed by atoms with Gasteiger partial charge >= 0.3 is 159 Å². The van der Waals surface area contributed by atoms with Crippen LogP contribution in [0.1, 0.15) is 142 Å². The van der Waals surface area contributed by atoms with Crippen LogP contribution in [0, 0.1) is 0 Å². The Bertz CT molecular complexity index is 318. The first-order valence-electron chi connectivity index (χ1n) is 13.1. The molecule has 0 aromatic heterocycles. The van der Waals surface area contributed by atoms with E-state index in [0.29, 0.717) is 0 Å². The molecular formula is C26H56ClP. The van der Waals surface area contributed by atoms with E-state index in [0.717, 1.165) is 0 Å². The van der Waals surface area contributed by atoms with Gasteiger partial charge in [0.25, 0.3) is 0 Å². The topological polar surface area (TPSA) is 0 Å². The van der Waals surface area contributed by atoms with Crippen molar-refractivity contribution in [2.45, 2.75) is 142 Å². The average Bonchev–Trinajstić information content (AvgIpc) is 2.64. The Kier molecular flexibility index (Phi) is 19.0. The van der Waals surface area contributed by atoms with Gasteiger partial charge in [-0.05, 0) is 0 Å². The summed E-state index contributed by atoms with van der Waals surface area (Å²) in [6, 6.07) is 0. The van der Waals surface area contributed by atoms with Crippen LogP contribution < -0.4 is 0 Å². The molecule has 0 aliphatic carbocycles.